The summed E-state index contributed by atoms with van der Waals surface area (Å²) < 4.78 is 11.0. The van der Waals surface area contributed by atoms with E-state index in [0.717, 1.165) is 11.5 Å². The molecule has 4 aliphatic rings. The van der Waals surface area contributed by atoms with Crippen molar-refractivity contribution in [3.05, 3.63) is 178 Å². The molecule has 4 aromatic carbocycles. The van der Waals surface area contributed by atoms with Gasteiger partial charge in [-0.15, -0.1) is 0 Å². The van der Waals surface area contributed by atoms with Crippen LogP contribution in [0.3, 0.4) is 0 Å². The molecule has 8 rings (SSSR count). The highest BCUT2D eigenvalue weighted by molar-refractivity contribution is 6.64. The van der Waals surface area contributed by atoms with Crippen molar-refractivity contribution in [2.75, 3.05) is 14.2 Å². The molecular weight excluding hydrogens is 601 g/mol. The maximum atomic E-state index is 5.48. The van der Waals surface area contributed by atoms with Crippen LogP contribution in [0.25, 0.3) is 21.5 Å². The van der Waals surface area contributed by atoms with Crippen molar-refractivity contribution in [1.29, 1.82) is 0 Å². The van der Waals surface area contributed by atoms with Gasteiger partial charge in [-0.1, -0.05) is 127 Å². The Bertz CT molecular complexity index is 2060. The number of methoxy groups -OCH3 is 2. The lowest BCUT2D eigenvalue weighted by molar-refractivity contribution is 0.415. The molecule has 0 bridgehead atoms. The van der Waals surface area contributed by atoms with Gasteiger partial charge in [-0.3, -0.25) is 0 Å². The summed E-state index contributed by atoms with van der Waals surface area (Å²) in [6.45, 7) is 7.32. The number of allylic oxidation sites excluding steroid dienone is 16. The highest BCUT2D eigenvalue weighted by Crippen LogP contribution is 2.54. The van der Waals surface area contributed by atoms with Gasteiger partial charge in [0.1, 0.15) is 11.5 Å². The topological polar surface area (TPSA) is 18.5 Å². The minimum Gasteiger partial charge on any atom is -0.497 e. The summed E-state index contributed by atoms with van der Waals surface area (Å²) in [5, 5.41) is 4.91. The lowest BCUT2D eigenvalue weighted by Crippen LogP contribution is -2.25. The first-order valence-corrected chi connectivity index (χ1v) is 19.1. The molecular formula is C45H41O2Si. The number of hydrogen-bond acceptors (Lipinski definition) is 2. The molecule has 4 aliphatic carbocycles. The molecule has 0 saturated heterocycles. The number of fused-ring (bicyclic) bond motifs is 2. The fourth-order valence-electron chi connectivity index (χ4n) is 8.53. The first-order valence-electron chi connectivity index (χ1n) is 17.0. The van der Waals surface area contributed by atoms with E-state index in [0.29, 0.717) is 11.1 Å². The molecule has 4 unspecified atom stereocenters. The summed E-state index contributed by atoms with van der Waals surface area (Å²) in [5.74, 6) is 2.25. The molecule has 2 nitrogen and oxygen atoms in total. The summed E-state index contributed by atoms with van der Waals surface area (Å²) >= 11 is 0. The lowest BCUT2D eigenvalue weighted by atomic mass is 9.88. The van der Waals surface area contributed by atoms with Gasteiger partial charge < -0.3 is 9.47 Å². The number of benzene rings is 4. The molecule has 4 aromatic rings. The average Bonchev–Trinajstić information content (AvgIpc) is 3.42. The Hall–Kier alpha value is -4.86. The minimum absolute atomic E-state index is 0.227. The molecule has 0 N–H and O–H groups in total. The zero-order valence-electron chi connectivity index (χ0n) is 28.3. The Kier molecular flexibility index (Phi) is 7.81. The van der Waals surface area contributed by atoms with Crippen molar-refractivity contribution < 1.29 is 9.47 Å². The van der Waals surface area contributed by atoms with Crippen LogP contribution in [0.15, 0.2) is 167 Å². The molecule has 0 aromatic heterocycles. The van der Waals surface area contributed by atoms with E-state index in [1.807, 2.05) is 0 Å². The second kappa shape index (κ2) is 12.3. The maximum absolute atomic E-state index is 5.48. The standard InChI is InChI=1S/C45H41O2Si/c1-28-22-42-38(34-16-14-32-26-36(46-3)20-18-30(32)24-34)10-6-8-12-40(42)44(28)48(5)45-29(2)23-43-39(11-7-9-13-41(43)45)35-17-15-33-27-37(47-4)21-19-31(33)25-35/h6-27,38-39,44-45H,1-5H3. The Morgan fingerprint density at radius 2 is 0.917 bits per heavy atom. The van der Waals surface area contributed by atoms with E-state index in [9.17, 15) is 0 Å². The molecule has 237 valence electrons. The van der Waals surface area contributed by atoms with Crippen molar-refractivity contribution >= 4 is 30.3 Å². The quantitative estimate of drug-likeness (QED) is 0.195. The van der Waals surface area contributed by atoms with Crippen molar-refractivity contribution in [1.82, 2.24) is 0 Å². The van der Waals surface area contributed by atoms with Crippen molar-refractivity contribution in [3.63, 3.8) is 0 Å². The van der Waals surface area contributed by atoms with Gasteiger partial charge in [0.25, 0.3) is 0 Å². The van der Waals surface area contributed by atoms with E-state index < -0.39 is 8.80 Å². The molecule has 0 amide bonds. The van der Waals surface area contributed by atoms with Crippen molar-refractivity contribution in [3.8, 4) is 11.5 Å². The molecule has 0 spiro atoms. The Labute approximate surface area is 286 Å². The average molecular weight is 642 g/mol. The van der Waals surface area contributed by atoms with Crippen LogP contribution in [-0.4, -0.2) is 23.0 Å². The van der Waals surface area contributed by atoms with Crippen molar-refractivity contribution in [2.45, 2.75) is 43.3 Å². The Morgan fingerprint density at radius 1 is 0.500 bits per heavy atom. The van der Waals surface area contributed by atoms with E-state index in [2.05, 4.69) is 154 Å². The molecule has 3 heteroatoms. The van der Waals surface area contributed by atoms with E-state index in [1.54, 1.807) is 14.2 Å². The van der Waals surface area contributed by atoms with Crippen LogP contribution in [0, 0.1) is 0 Å². The van der Waals surface area contributed by atoms with Crippen LogP contribution < -0.4 is 9.47 Å². The van der Waals surface area contributed by atoms with Crippen LogP contribution in [0.1, 0.15) is 36.8 Å². The third-order valence-corrected chi connectivity index (χ3v) is 14.1. The van der Waals surface area contributed by atoms with Crippen LogP contribution in [0.2, 0.25) is 17.6 Å². The van der Waals surface area contributed by atoms with Crippen LogP contribution in [0.5, 0.6) is 11.5 Å². The summed E-state index contributed by atoms with van der Waals surface area (Å²) in [6, 6.07) is 26.5. The minimum atomic E-state index is -0.943. The van der Waals surface area contributed by atoms with Crippen LogP contribution in [-0.2, 0) is 0 Å². The van der Waals surface area contributed by atoms with Gasteiger partial charge >= 0.3 is 0 Å². The predicted molar refractivity (Wildman–Crippen MR) is 204 cm³/mol. The smallest absolute Gasteiger partial charge is 0.119 e. The monoisotopic (exact) mass is 641 g/mol. The van der Waals surface area contributed by atoms with Crippen LogP contribution in [0.4, 0.5) is 0 Å². The summed E-state index contributed by atoms with van der Waals surface area (Å²) in [4.78, 5) is 0. The highest BCUT2D eigenvalue weighted by atomic mass is 28.3. The van der Waals surface area contributed by atoms with Gasteiger partial charge in [-0.2, -0.15) is 0 Å². The molecule has 4 atom stereocenters. The highest BCUT2D eigenvalue weighted by Gasteiger charge is 2.41. The number of rotatable bonds is 6. The normalized spacial score (nSPS) is 23.0. The van der Waals surface area contributed by atoms with Crippen LogP contribution >= 0.6 is 0 Å². The number of ether oxygens (including phenoxy) is 2. The Balaban J connectivity index is 1.14. The van der Waals surface area contributed by atoms with Gasteiger partial charge in [-0.25, -0.2) is 0 Å². The van der Waals surface area contributed by atoms with Gasteiger partial charge in [0.05, 0.1) is 23.0 Å². The fourth-order valence-corrected chi connectivity index (χ4v) is 12.0. The van der Waals surface area contributed by atoms with E-state index in [-0.39, 0.29) is 11.8 Å². The molecule has 0 fully saturated rings. The largest absolute Gasteiger partial charge is 0.497 e. The van der Waals surface area contributed by atoms with Gasteiger partial charge in [0.15, 0.2) is 0 Å². The summed E-state index contributed by atoms with van der Waals surface area (Å²) in [6.07, 6.45) is 23.6. The third-order valence-electron chi connectivity index (χ3n) is 10.8. The van der Waals surface area contributed by atoms with Gasteiger partial charge in [0.2, 0.25) is 0 Å². The second-order valence-electron chi connectivity index (χ2n) is 13.6. The second-order valence-corrected chi connectivity index (χ2v) is 16.2. The summed E-state index contributed by atoms with van der Waals surface area (Å²) in [7, 11) is 2.51. The molecule has 1 radical (unpaired) electrons. The molecule has 0 aliphatic heterocycles. The predicted octanol–water partition coefficient (Wildman–Crippen LogP) is 11.5. The first kappa shape index (κ1) is 30.5. The maximum Gasteiger partial charge on any atom is 0.119 e. The van der Waals surface area contributed by atoms with E-state index in [1.165, 1.54) is 66.1 Å². The van der Waals surface area contributed by atoms with Crippen molar-refractivity contribution in [2.24, 2.45) is 0 Å². The summed E-state index contributed by atoms with van der Waals surface area (Å²) in [5.41, 5.74) is 12.5. The number of hydrogen-bond donors (Lipinski definition) is 0. The van der Waals surface area contributed by atoms with Gasteiger partial charge in [0, 0.05) is 11.8 Å². The van der Waals surface area contributed by atoms with Gasteiger partial charge in [-0.05, 0) is 104 Å². The zero-order chi connectivity index (χ0) is 32.9. The third kappa shape index (κ3) is 5.18. The Morgan fingerprint density at radius 3 is 1.35 bits per heavy atom. The zero-order valence-corrected chi connectivity index (χ0v) is 29.3. The fraction of sp³-hybridized carbons (Fsp3) is 0.200. The first-order chi connectivity index (χ1) is 23.4. The molecule has 48 heavy (non-hydrogen) atoms. The van der Waals surface area contributed by atoms with E-state index in [4.69, 9.17) is 9.47 Å². The SMILES string of the molecule is COc1ccc2cc(C3C=CC=CC4=C3C=C(C)C4[Si](C)C3C(C)=CC4=C3C=CC=CC4c3ccc4cc(OC)ccc4c3)ccc2c1. The van der Waals surface area contributed by atoms with E-state index >= 15 is 0 Å². The molecule has 0 heterocycles. The molecule has 0 saturated carbocycles. The lowest BCUT2D eigenvalue weighted by Gasteiger charge is -2.30.